The highest BCUT2D eigenvalue weighted by atomic mass is 19.4. The standard InChI is InChI=1S/C13H19F3N2/c1-12(9-17,18(2)3)8-10-6-4-5-7-11(10)13(14,15)16/h4-7H,8-9,17H2,1-3H3. The van der Waals surface area contributed by atoms with Gasteiger partial charge in [0.1, 0.15) is 0 Å². The number of rotatable bonds is 4. The molecule has 18 heavy (non-hydrogen) atoms. The zero-order chi connectivity index (χ0) is 14.0. The molecular formula is C13H19F3N2. The first-order valence-corrected chi connectivity index (χ1v) is 5.73. The predicted octanol–water partition coefficient (Wildman–Crippen LogP) is 2.53. The molecule has 0 saturated heterocycles. The van der Waals surface area contributed by atoms with E-state index in [2.05, 4.69) is 0 Å². The third-order valence-corrected chi connectivity index (χ3v) is 3.41. The number of alkyl halides is 3. The molecule has 0 amide bonds. The molecular weight excluding hydrogens is 241 g/mol. The molecule has 1 aromatic rings. The molecule has 0 aromatic heterocycles. The monoisotopic (exact) mass is 260 g/mol. The lowest BCUT2D eigenvalue weighted by Gasteiger charge is -2.36. The van der Waals surface area contributed by atoms with Crippen molar-refractivity contribution in [2.24, 2.45) is 5.73 Å². The van der Waals surface area contributed by atoms with Gasteiger partial charge in [-0.25, -0.2) is 0 Å². The number of benzene rings is 1. The Hall–Kier alpha value is -1.07. The molecule has 1 rings (SSSR count). The van der Waals surface area contributed by atoms with Crippen molar-refractivity contribution in [1.82, 2.24) is 4.90 Å². The van der Waals surface area contributed by atoms with Gasteiger partial charge in [-0.15, -0.1) is 0 Å². The minimum atomic E-state index is -4.32. The number of hydrogen-bond donors (Lipinski definition) is 1. The van der Waals surface area contributed by atoms with E-state index in [9.17, 15) is 13.2 Å². The zero-order valence-corrected chi connectivity index (χ0v) is 10.9. The van der Waals surface area contributed by atoms with Crippen LogP contribution in [0.15, 0.2) is 24.3 Å². The third-order valence-electron chi connectivity index (χ3n) is 3.41. The highest BCUT2D eigenvalue weighted by molar-refractivity contribution is 5.31. The molecule has 0 aliphatic carbocycles. The summed E-state index contributed by atoms with van der Waals surface area (Å²) in [6, 6.07) is 5.65. The minimum absolute atomic E-state index is 0.270. The Bertz CT molecular complexity index is 401. The number of nitrogens with zero attached hydrogens (tertiary/aromatic N) is 1. The molecule has 0 radical (unpaired) electrons. The average molecular weight is 260 g/mol. The number of halogens is 3. The summed E-state index contributed by atoms with van der Waals surface area (Å²) in [6.45, 7) is 2.16. The van der Waals surface area contributed by atoms with Crippen LogP contribution in [0.2, 0.25) is 0 Å². The van der Waals surface area contributed by atoms with Crippen molar-refractivity contribution in [3.05, 3.63) is 35.4 Å². The van der Waals surface area contributed by atoms with Gasteiger partial charge in [0, 0.05) is 12.1 Å². The summed E-state index contributed by atoms with van der Waals surface area (Å²) >= 11 is 0. The summed E-state index contributed by atoms with van der Waals surface area (Å²) in [7, 11) is 3.64. The number of nitrogens with two attached hydrogens (primary N) is 1. The first-order valence-electron chi connectivity index (χ1n) is 5.73. The second-order valence-corrected chi connectivity index (χ2v) is 4.93. The molecule has 2 nitrogen and oxygen atoms in total. The Labute approximate surface area is 106 Å². The highest BCUT2D eigenvalue weighted by Crippen LogP contribution is 2.33. The maximum Gasteiger partial charge on any atom is 0.416 e. The van der Waals surface area contributed by atoms with E-state index in [1.165, 1.54) is 12.1 Å². The van der Waals surface area contributed by atoms with Crippen LogP contribution in [0.1, 0.15) is 18.1 Å². The van der Waals surface area contributed by atoms with E-state index < -0.39 is 17.3 Å². The van der Waals surface area contributed by atoms with Crippen LogP contribution in [-0.2, 0) is 12.6 Å². The normalized spacial score (nSPS) is 15.8. The Morgan fingerprint density at radius 2 is 1.72 bits per heavy atom. The summed E-state index contributed by atoms with van der Waals surface area (Å²) < 4.78 is 38.7. The van der Waals surface area contributed by atoms with E-state index in [0.717, 1.165) is 6.07 Å². The minimum Gasteiger partial charge on any atom is -0.329 e. The van der Waals surface area contributed by atoms with Gasteiger partial charge in [-0.1, -0.05) is 18.2 Å². The van der Waals surface area contributed by atoms with Gasteiger partial charge >= 0.3 is 6.18 Å². The smallest absolute Gasteiger partial charge is 0.329 e. The summed E-state index contributed by atoms with van der Waals surface area (Å²) in [5.41, 5.74) is 4.91. The maximum atomic E-state index is 12.9. The van der Waals surface area contributed by atoms with Crippen LogP contribution >= 0.6 is 0 Å². The summed E-state index contributed by atoms with van der Waals surface area (Å²) in [6.07, 6.45) is -4.05. The fourth-order valence-electron chi connectivity index (χ4n) is 1.77. The van der Waals surface area contributed by atoms with Crippen molar-refractivity contribution in [3.63, 3.8) is 0 Å². The van der Waals surface area contributed by atoms with Crippen molar-refractivity contribution < 1.29 is 13.2 Å². The molecule has 5 heteroatoms. The second kappa shape index (κ2) is 5.28. The quantitative estimate of drug-likeness (QED) is 0.901. The van der Waals surface area contributed by atoms with Crippen LogP contribution in [0.5, 0.6) is 0 Å². The molecule has 0 saturated carbocycles. The highest BCUT2D eigenvalue weighted by Gasteiger charge is 2.35. The van der Waals surface area contributed by atoms with Crippen molar-refractivity contribution in [3.8, 4) is 0 Å². The van der Waals surface area contributed by atoms with Gasteiger partial charge in [0.15, 0.2) is 0 Å². The molecule has 1 aromatic carbocycles. The molecule has 1 unspecified atom stereocenters. The van der Waals surface area contributed by atoms with E-state index >= 15 is 0 Å². The number of hydrogen-bond acceptors (Lipinski definition) is 2. The van der Waals surface area contributed by atoms with Crippen LogP contribution in [0.25, 0.3) is 0 Å². The molecule has 0 bridgehead atoms. The van der Waals surface area contributed by atoms with E-state index in [1.807, 2.05) is 25.9 Å². The second-order valence-electron chi connectivity index (χ2n) is 4.93. The van der Waals surface area contributed by atoms with Crippen molar-refractivity contribution in [1.29, 1.82) is 0 Å². The van der Waals surface area contributed by atoms with Crippen LogP contribution in [0.4, 0.5) is 13.2 Å². The van der Waals surface area contributed by atoms with E-state index in [-0.39, 0.29) is 12.0 Å². The Balaban J connectivity index is 3.12. The molecule has 2 N–H and O–H groups in total. The lowest BCUT2D eigenvalue weighted by molar-refractivity contribution is -0.138. The van der Waals surface area contributed by atoms with Crippen LogP contribution in [0.3, 0.4) is 0 Å². The van der Waals surface area contributed by atoms with Gasteiger partial charge in [-0.05, 0) is 39.1 Å². The molecule has 0 aliphatic rings. The predicted molar refractivity (Wildman–Crippen MR) is 66.3 cm³/mol. The van der Waals surface area contributed by atoms with E-state index in [0.29, 0.717) is 6.54 Å². The van der Waals surface area contributed by atoms with Gasteiger partial charge in [0.25, 0.3) is 0 Å². The SMILES string of the molecule is CN(C)C(C)(CN)Cc1ccccc1C(F)(F)F. The van der Waals surface area contributed by atoms with Gasteiger partial charge < -0.3 is 10.6 Å². The van der Waals surface area contributed by atoms with E-state index in [1.54, 1.807) is 6.07 Å². The molecule has 102 valence electrons. The maximum absolute atomic E-state index is 12.9. The van der Waals surface area contributed by atoms with Crippen LogP contribution < -0.4 is 5.73 Å². The van der Waals surface area contributed by atoms with Crippen LogP contribution in [0, 0.1) is 0 Å². The Kier molecular flexibility index (Phi) is 4.40. The molecule has 0 aliphatic heterocycles. The van der Waals surface area contributed by atoms with Crippen molar-refractivity contribution in [2.75, 3.05) is 20.6 Å². The molecule has 1 atom stereocenters. The summed E-state index contributed by atoms with van der Waals surface area (Å²) in [4.78, 5) is 1.86. The molecule has 0 heterocycles. The fraction of sp³-hybridized carbons (Fsp3) is 0.538. The van der Waals surface area contributed by atoms with Crippen molar-refractivity contribution in [2.45, 2.75) is 25.1 Å². The topological polar surface area (TPSA) is 29.3 Å². The van der Waals surface area contributed by atoms with Gasteiger partial charge in [-0.2, -0.15) is 13.2 Å². The molecule has 0 fully saturated rings. The Morgan fingerprint density at radius 3 is 2.17 bits per heavy atom. The third kappa shape index (κ3) is 3.23. The largest absolute Gasteiger partial charge is 0.416 e. The first-order chi connectivity index (χ1) is 8.20. The van der Waals surface area contributed by atoms with Crippen molar-refractivity contribution >= 4 is 0 Å². The Morgan fingerprint density at radius 1 is 1.17 bits per heavy atom. The van der Waals surface area contributed by atoms with E-state index in [4.69, 9.17) is 5.73 Å². The first kappa shape index (κ1) is 15.0. The van der Waals surface area contributed by atoms with Crippen LogP contribution in [-0.4, -0.2) is 31.1 Å². The van der Waals surface area contributed by atoms with Gasteiger partial charge in [0.05, 0.1) is 5.56 Å². The number of likely N-dealkylation sites (N-methyl/N-ethyl adjacent to an activating group) is 1. The summed E-state index contributed by atoms with van der Waals surface area (Å²) in [5, 5.41) is 0. The average Bonchev–Trinajstić information content (AvgIpc) is 2.28. The van der Waals surface area contributed by atoms with Gasteiger partial charge in [-0.3, -0.25) is 0 Å². The van der Waals surface area contributed by atoms with Gasteiger partial charge in [0.2, 0.25) is 0 Å². The summed E-state index contributed by atoms with van der Waals surface area (Å²) in [5.74, 6) is 0. The lowest BCUT2D eigenvalue weighted by atomic mass is 9.89. The lowest BCUT2D eigenvalue weighted by Crippen LogP contribution is -2.49. The fourth-order valence-corrected chi connectivity index (χ4v) is 1.77. The molecule has 0 spiro atoms. The zero-order valence-electron chi connectivity index (χ0n) is 10.9.